The number of carbonyl (C=O) groups is 1. The molecule has 0 aliphatic heterocycles. The number of hydrogen-bond donors (Lipinski definition) is 1. The molecule has 0 atom stereocenters. The number of aromatic nitrogens is 3. The van der Waals surface area contributed by atoms with Crippen LogP contribution in [0.25, 0.3) is 16.6 Å². The van der Waals surface area contributed by atoms with Crippen molar-refractivity contribution >= 4 is 22.5 Å². The first-order valence-electron chi connectivity index (χ1n) is 8.57. The van der Waals surface area contributed by atoms with Gasteiger partial charge < -0.3 is 5.32 Å². The zero-order valence-electron chi connectivity index (χ0n) is 15.0. The van der Waals surface area contributed by atoms with Crippen LogP contribution in [-0.4, -0.2) is 20.3 Å². The Morgan fingerprint density at radius 2 is 1.70 bits per heavy atom. The number of nitrogens with zero attached hydrogens (tertiary/aromatic N) is 3. The summed E-state index contributed by atoms with van der Waals surface area (Å²) in [5, 5.41) is 3.54. The van der Waals surface area contributed by atoms with Crippen molar-refractivity contribution in [1.29, 1.82) is 0 Å². The summed E-state index contributed by atoms with van der Waals surface area (Å²) in [6.07, 6.45) is 1.59. The summed E-state index contributed by atoms with van der Waals surface area (Å²) in [7, 11) is 1.79. The maximum atomic E-state index is 13.0. The average Bonchev–Trinajstić information content (AvgIpc) is 2.91. The van der Waals surface area contributed by atoms with E-state index in [0.717, 1.165) is 16.6 Å². The number of fused-ring (bicyclic) bond motifs is 1. The molecule has 0 aliphatic carbocycles. The normalized spacial score (nSPS) is 10.9. The minimum absolute atomic E-state index is 0.270. The number of benzene rings is 2. The van der Waals surface area contributed by atoms with Crippen LogP contribution in [0.2, 0.25) is 0 Å². The number of pyridine rings is 1. The van der Waals surface area contributed by atoms with E-state index in [9.17, 15) is 9.59 Å². The molecule has 0 saturated carbocycles. The van der Waals surface area contributed by atoms with Crippen molar-refractivity contribution in [1.82, 2.24) is 14.3 Å². The summed E-state index contributed by atoms with van der Waals surface area (Å²) in [6.45, 7) is 1.81. The van der Waals surface area contributed by atoms with Crippen LogP contribution in [0.5, 0.6) is 0 Å². The smallest absolute Gasteiger partial charge is 0.295 e. The van der Waals surface area contributed by atoms with E-state index in [1.165, 1.54) is 4.68 Å². The van der Waals surface area contributed by atoms with Crippen LogP contribution < -0.4 is 10.9 Å². The Bertz CT molecular complexity index is 1200. The summed E-state index contributed by atoms with van der Waals surface area (Å²) in [4.78, 5) is 30.1. The van der Waals surface area contributed by atoms with Crippen molar-refractivity contribution in [2.75, 3.05) is 5.32 Å². The van der Waals surface area contributed by atoms with Gasteiger partial charge in [-0.1, -0.05) is 36.4 Å². The zero-order valence-corrected chi connectivity index (χ0v) is 15.0. The van der Waals surface area contributed by atoms with Gasteiger partial charge in [-0.3, -0.25) is 19.3 Å². The Morgan fingerprint density at radius 3 is 2.48 bits per heavy atom. The minimum atomic E-state index is -0.334. The summed E-state index contributed by atoms with van der Waals surface area (Å²) in [6, 6.07) is 18.4. The number of nitrogens with one attached hydrogen (secondary N) is 1. The molecule has 0 unspecified atom stereocenters. The van der Waals surface area contributed by atoms with Crippen molar-refractivity contribution in [2.45, 2.75) is 6.92 Å². The van der Waals surface area contributed by atoms with E-state index in [2.05, 4.69) is 10.3 Å². The highest BCUT2D eigenvalue weighted by Crippen LogP contribution is 2.19. The first kappa shape index (κ1) is 16.8. The van der Waals surface area contributed by atoms with Crippen LogP contribution in [0, 0.1) is 6.92 Å². The number of carbonyl (C=O) groups excluding carboxylic acids is 1. The standard InChI is InChI=1S/C21H18N4O2/c1-14-19(21(27)25(24(14)2)15-8-4-3-5-9-15)23-20(26)17-12-13-22-18-11-7-6-10-16(17)18/h3-13H,1-2H3,(H,23,26). The predicted octanol–water partition coefficient (Wildman–Crippen LogP) is 3.28. The maximum Gasteiger partial charge on any atom is 0.295 e. The number of rotatable bonds is 3. The molecule has 27 heavy (non-hydrogen) atoms. The quantitative estimate of drug-likeness (QED) is 0.611. The van der Waals surface area contributed by atoms with Gasteiger partial charge in [0.2, 0.25) is 0 Å². The third-order valence-electron chi connectivity index (χ3n) is 4.69. The third-order valence-corrected chi connectivity index (χ3v) is 4.69. The Balaban J connectivity index is 1.77. The molecule has 2 heterocycles. The van der Waals surface area contributed by atoms with E-state index in [1.54, 1.807) is 30.9 Å². The van der Waals surface area contributed by atoms with E-state index < -0.39 is 0 Å². The minimum Gasteiger partial charge on any atom is -0.316 e. The summed E-state index contributed by atoms with van der Waals surface area (Å²) < 4.78 is 3.27. The van der Waals surface area contributed by atoms with Crippen molar-refractivity contribution < 1.29 is 4.79 Å². The molecule has 0 spiro atoms. The van der Waals surface area contributed by atoms with Crippen molar-refractivity contribution in [3.05, 3.63) is 88.5 Å². The molecule has 0 bridgehead atoms. The van der Waals surface area contributed by atoms with Crippen LogP contribution >= 0.6 is 0 Å². The molecule has 4 rings (SSSR count). The summed E-state index contributed by atoms with van der Waals surface area (Å²) in [5.74, 6) is -0.334. The van der Waals surface area contributed by atoms with E-state index >= 15 is 0 Å². The molecule has 6 nitrogen and oxygen atoms in total. The van der Waals surface area contributed by atoms with Gasteiger partial charge in [0, 0.05) is 18.6 Å². The molecule has 2 aromatic carbocycles. The molecule has 0 saturated heterocycles. The second-order valence-corrected chi connectivity index (χ2v) is 6.27. The Hall–Kier alpha value is -3.67. The first-order valence-corrected chi connectivity index (χ1v) is 8.57. The van der Waals surface area contributed by atoms with Crippen molar-refractivity contribution in [3.8, 4) is 5.69 Å². The van der Waals surface area contributed by atoms with Gasteiger partial charge in [0.1, 0.15) is 5.69 Å². The van der Waals surface area contributed by atoms with Gasteiger partial charge in [0.05, 0.1) is 22.5 Å². The highest BCUT2D eigenvalue weighted by atomic mass is 16.2. The van der Waals surface area contributed by atoms with Gasteiger partial charge in [0.25, 0.3) is 11.5 Å². The molecule has 1 N–H and O–H groups in total. The second-order valence-electron chi connectivity index (χ2n) is 6.27. The molecule has 0 radical (unpaired) electrons. The summed E-state index contributed by atoms with van der Waals surface area (Å²) >= 11 is 0. The molecule has 0 fully saturated rings. The van der Waals surface area contributed by atoms with Crippen LogP contribution in [-0.2, 0) is 7.05 Å². The van der Waals surface area contributed by atoms with Gasteiger partial charge in [-0.05, 0) is 31.2 Å². The zero-order chi connectivity index (χ0) is 19.0. The van der Waals surface area contributed by atoms with Crippen LogP contribution in [0.1, 0.15) is 16.1 Å². The van der Waals surface area contributed by atoms with Gasteiger partial charge in [0.15, 0.2) is 0 Å². The topological polar surface area (TPSA) is 68.9 Å². The van der Waals surface area contributed by atoms with Gasteiger partial charge >= 0.3 is 0 Å². The van der Waals surface area contributed by atoms with Gasteiger partial charge in [-0.25, -0.2) is 4.68 Å². The lowest BCUT2D eigenvalue weighted by molar-refractivity contribution is 0.102. The summed E-state index contributed by atoms with van der Waals surface area (Å²) in [5.41, 5.74) is 2.63. The molecule has 2 aromatic heterocycles. The fraction of sp³-hybridized carbons (Fsp3) is 0.0952. The number of anilines is 1. The fourth-order valence-corrected chi connectivity index (χ4v) is 3.19. The Kier molecular flexibility index (Phi) is 4.08. The SMILES string of the molecule is Cc1c(NC(=O)c2ccnc3ccccc23)c(=O)n(-c2ccccc2)n1C. The molecule has 134 valence electrons. The van der Waals surface area contributed by atoms with E-state index in [-0.39, 0.29) is 17.2 Å². The maximum absolute atomic E-state index is 13.0. The van der Waals surface area contributed by atoms with E-state index in [0.29, 0.717) is 11.3 Å². The highest BCUT2D eigenvalue weighted by Gasteiger charge is 2.19. The molecule has 0 aliphatic rings. The van der Waals surface area contributed by atoms with Gasteiger partial charge in [-0.15, -0.1) is 0 Å². The third kappa shape index (κ3) is 2.81. The van der Waals surface area contributed by atoms with Crippen LogP contribution in [0.3, 0.4) is 0 Å². The highest BCUT2D eigenvalue weighted by molar-refractivity contribution is 6.12. The van der Waals surface area contributed by atoms with Gasteiger partial charge in [-0.2, -0.15) is 0 Å². The lowest BCUT2D eigenvalue weighted by Gasteiger charge is -2.07. The molecular formula is C21H18N4O2. The van der Waals surface area contributed by atoms with Crippen LogP contribution in [0.15, 0.2) is 71.7 Å². The predicted molar refractivity (Wildman–Crippen MR) is 105 cm³/mol. The number of amides is 1. The van der Waals surface area contributed by atoms with Crippen molar-refractivity contribution in [2.24, 2.45) is 7.05 Å². The molecule has 1 amide bonds. The largest absolute Gasteiger partial charge is 0.316 e. The fourth-order valence-electron chi connectivity index (χ4n) is 3.19. The Labute approximate surface area is 155 Å². The molecule has 6 heteroatoms. The number of para-hydroxylation sites is 2. The molecule has 4 aromatic rings. The average molecular weight is 358 g/mol. The monoisotopic (exact) mass is 358 g/mol. The van der Waals surface area contributed by atoms with E-state index in [4.69, 9.17) is 0 Å². The molecular weight excluding hydrogens is 340 g/mol. The van der Waals surface area contributed by atoms with E-state index in [1.807, 2.05) is 54.6 Å². The lowest BCUT2D eigenvalue weighted by atomic mass is 10.1. The second kappa shape index (κ2) is 6.57. The Morgan fingerprint density at radius 1 is 1.00 bits per heavy atom. The first-order chi connectivity index (χ1) is 13.1. The van der Waals surface area contributed by atoms with Crippen LogP contribution in [0.4, 0.5) is 5.69 Å². The van der Waals surface area contributed by atoms with Crippen molar-refractivity contribution in [3.63, 3.8) is 0 Å². The number of hydrogen-bond acceptors (Lipinski definition) is 3. The lowest BCUT2D eigenvalue weighted by Crippen LogP contribution is -2.23.